The molecular weight excluding hydrogens is 466 g/mol. The normalized spacial score (nSPS) is 15.1. The first-order valence-electron chi connectivity index (χ1n) is 11.4. The third kappa shape index (κ3) is 7.62. The Labute approximate surface area is 210 Å². The van der Waals surface area contributed by atoms with E-state index in [0.717, 1.165) is 28.0 Å². The number of thioether (sulfide) groups is 1. The topological polar surface area (TPSA) is 82.1 Å². The van der Waals surface area contributed by atoms with Gasteiger partial charge in [0, 0.05) is 0 Å². The van der Waals surface area contributed by atoms with Gasteiger partial charge in [-0.3, -0.25) is 19.3 Å². The average molecular weight is 498 g/mol. The summed E-state index contributed by atoms with van der Waals surface area (Å²) in [6, 6.07) is 15.2. The van der Waals surface area contributed by atoms with Crippen molar-refractivity contribution in [1.29, 1.82) is 0 Å². The van der Waals surface area contributed by atoms with Gasteiger partial charge in [-0.1, -0.05) is 45.0 Å². The van der Waals surface area contributed by atoms with Crippen molar-refractivity contribution in [3.63, 3.8) is 0 Å². The SMILES string of the molecule is CC(C)OC(=O)CN1C(=O)S/C(=C\c2ccc(OCCOc3ccc(C(C)(C)C)cc3)cc2)C1=O. The fourth-order valence-corrected chi connectivity index (χ4v) is 4.09. The molecule has 0 spiro atoms. The summed E-state index contributed by atoms with van der Waals surface area (Å²) in [5, 5.41) is -0.491. The zero-order chi connectivity index (χ0) is 25.6. The number of nitrogens with zero attached hydrogens (tertiary/aromatic N) is 1. The molecule has 2 amide bonds. The zero-order valence-electron chi connectivity index (χ0n) is 20.7. The number of ether oxygens (including phenoxy) is 3. The Morgan fingerprint density at radius 3 is 2.00 bits per heavy atom. The summed E-state index contributed by atoms with van der Waals surface area (Å²) in [6.07, 6.45) is 1.30. The first-order valence-corrected chi connectivity index (χ1v) is 12.3. The molecular formula is C27H31NO6S. The highest BCUT2D eigenvalue weighted by Gasteiger charge is 2.36. The van der Waals surface area contributed by atoms with Gasteiger partial charge in [0.15, 0.2) is 0 Å². The van der Waals surface area contributed by atoms with Gasteiger partial charge in [0.05, 0.1) is 11.0 Å². The van der Waals surface area contributed by atoms with Crippen LogP contribution in [0.5, 0.6) is 11.5 Å². The van der Waals surface area contributed by atoms with E-state index in [4.69, 9.17) is 14.2 Å². The Bertz CT molecular complexity index is 1080. The van der Waals surface area contributed by atoms with Gasteiger partial charge in [-0.25, -0.2) is 0 Å². The molecule has 1 aliphatic heterocycles. The fraction of sp³-hybridized carbons (Fsp3) is 0.370. The van der Waals surface area contributed by atoms with Gasteiger partial charge in [-0.2, -0.15) is 0 Å². The minimum atomic E-state index is -0.615. The molecule has 3 rings (SSSR count). The molecule has 0 unspecified atom stereocenters. The van der Waals surface area contributed by atoms with Crippen LogP contribution in [0, 0.1) is 0 Å². The lowest BCUT2D eigenvalue weighted by Gasteiger charge is -2.19. The van der Waals surface area contributed by atoms with E-state index in [9.17, 15) is 14.4 Å². The minimum Gasteiger partial charge on any atom is -0.490 e. The van der Waals surface area contributed by atoms with E-state index in [1.807, 2.05) is 12.1 Å². The molecule has 7 nitrogen and oxygen atoms in total. The van der Waals surface area contributed by atoms with Crippen LogP contribution in [0.15, 0.2) is 53.4 Å². The van der Waals surface area contributed by atoms with Crippen LogP contribution < -0.4 is 9.47 Å². The summed E-state index contributed by atoms with van der Waals surface area (Å²) in [6.45, 7) is 10.3. The molecule has 186 valence electrons. The van der Waals surface area contributed by atoms with E-state index in [-0.39, 0.29) is 16.4 Å². The molecule has 0 atom stereocenters. The number of carbonyl (C=O) groups excluding carboxylic acids is 3. The number of amides is 2. The molecule has 0 aliphatic carbocycles. The van der Waals surface area contributed by atoms with Crippen molar-refractivity contribution < 1.29 is 28.6 Å². The van der Waals surface area contributed by atoms with Gasteiger partial charge in [0.2, 0.25) is 0 Å². The maximum atomic E-state index is 12.5. The maximum Gasteiger partial charge on any atom is 0.326 e. The summed E-state index contributed by atoms with van der Waals surface area (Å²) in [7, 11) is 0. The van der Waals surface area contributed by atoms with Gasteiger partial charge >= 0.3 is 5.97 Å². The first kappa shape index (κ1) is 26.3. The van der Waals surface area contributed by atoms with Gasteiger partial charge < -0.3 is 14.2 Å². The quantitative estimate of drug-likeness (QED) is 0.260. The van der Waals surface area contributed by atoms with E-state index >= 15 is 0 Å². The smallest absolute Gasteiger partial charge is 0.326 e. The number of rotatable bonds is 9. The third-order valence-electron chi connectivity index (χ3n) is 5.05. The van der Waals surface area contributed by atoms with E-state index in [2.05, 4.69) is 32.9 Å². The first-order chi connectivity index (χ1) is 16.5. The molecule has 1 heterocycles. The highest BCUT2D eigenvalue weighted by atomic mass is 32.2. The van der Waals surface area contributed by atoms with Crippen molar-refractivity contribution in [3.05, 3.63) is 64.6 Å². The van der Waals surface area contributed by atoms with Crippen molar-refractivity contribution in [3.8, 4) is 11.5 Å². The number of esters is 1. The van der Waals surface area contributed by atoms with Crippen molar-refractivity contribution in [2.75, 3.05) is 19.8 Å². The largest absolute Gasteiger partial charge is 0.490 e. The molecule has 0 N–H and O–H groups in total. The second kappa shape index (κ2) is 11.4. The number of carbonyl (C=O) groups is 3. The highest BCUT2D eigenvalue weighted by molar-refractivity contribution is 8.18. The monoisotopic (exact) mass is 497 g/mol. The molecule has 35 heavy (non-hydrogen) atoms. The fourth-order valence-electron chi connectivity index (χ4n) is 3.25. The van der Waals surface area contributed by atoms with Gasteiger partial charge in [0.1, 0.15) is 31.3 Å². The number of benzene rings is 2. The molecule has 2 aromatic carbocycles. The van der Waals surface area contributed by atoms with Crippen molar-refractivity contribution in [2.24, 2.45) is 0 Å². The van der Waals surface area contributed by atoms with Gasteiger partial charge in [0.25, 0.3) is 11.1 Å². The maximum absolute atomic E-state index is 12.5. The van der Waals surface area contributed by atoms with Gasteiger partial charge in [-0.05, 0) is 72.5 Å². The van der Waals surface area contributed by atoms with Gasteiger partial charge in [-0.15, -0.1) is 0 Å². The van der Waals surface area contributed by atoms with Crippen LogP contribution in [0.2, 0.25) is 0 Å². The lowest BCUT2D eigenvalue weighted by atomic mass is 9.87. The molecule has 0 bridgehead atoms. The van der Waals surface area contributed by atoms with Crippen LogP contribution >= 0.6 is 11.8 Å². The Morgan fingerprint density at radius 2 is 1.49 bits per heavy atom. The summed E-state index contributed by atoms with van der Waals surface area (Å²) in [4.78, 5) is 37.7. The van der Waals surface area contributed by atoms with Crippen LogP contribution in [0.1, 0.15) is 45.7 Å². The molecule has 1 fully saturated rings. The van der Waals surface area contributed by atoms with E-state index in [1.165, 1.54) is 5.56 Å². The number of hydrogen-bond donors (Lipinski definition) is 0. The van der Waals surface area contributed by atoms with Crippen LogP contribution in [-0.4, -0.2) is 47.9 Å². The molecule has 0 radical (unpaired) electrons. The second-order valence-electron chi connectivity index (χ2n) is 9.35. The molecule has 0 saturated carbocycles. The second-order valence-corrected chi connectivity index (χ2v) is 10.3. The summed E-state index contributed by atoms with van der Waals surface area (Å²) in [5.41, 5.74) is 2.09. The van der Waals surface area contributed by atoms with E-state index < -0.39 is 23.7 Å². The standard InChI is InChI=1S/C27H31NO6S/c1-18(2)34-24(29)17-28-25(30)23(35-26(28)31)16-19-6-10-21(11-7-19)32-14-15-33-22-12-8-20(9-13-22)27(3,4)5/h6-13,16,18H,14-15,17H2,1-5H3/b23-16-. The van der Waals surface area contributed by atoms with Crippen molar-refractivity contribution in [2.45, 2.75) is 46.1 Å². The molecule has 0 aromatic heterocycles. The lowest BCUT2D eigenvalue weighted by Crippen LogP contribution is -2.35. The average Bonchev–Trinajstić information content (AvgIpc) is 3.04. The highest BCUT2D eigenvalue weighted by Crippen LogP contribution is 2.32. The Hall–Kier alpha value is -3.26. The van der Waals surface area contributed by atoms with Crippen molar-refractivity contribution >= 4 is 35.0 Å². The minimum absolute atomic E-state index is 0.101. The molecule has 8 heteroatoms. The number of hydrogen-bond acceptors (Lipinski definition) is 7. The number of imide groups is 1. The van der Waals surface area contributed by atoms with Crippen LogP contribution in [-0.2, 0) is 19.7 Å². The zero-order valence-corrected chi connectivity index (χ0v) is 21.5. The van der Waals surface area contributed by atoms with Crippen molar-refractivity contribution in [1.82, 2.24) is 4.90 Å². The molecule has 1 saturated heterocycles. The predicted octanol–water partition coefficient (Wildman–Crippen LogP) is 5.43. The summed E-state index contributed by atoms with van der Waals surface area (Å²) >= 11 is 0.801. The third-order valence-corrected chi connectivity index (χ3v) is 5.95. The molecule has 1 aliphatic rings. The van der Waals surface area contributed by atoms with E-state index in [1.54, 1.807) is 44.2 Å². The van der Waals surface area contributed by atoms with E-state index in [0.29, 0.717) is 19.0 Å². The summed E-state index contributed by atoms with van der Waals surface area (Å²) in [5.74, 6) is 0.339. The van der Waals surface area contributed by atoms with Crippen LogP contribution in [0.4, 0.5) is 4.79 Å². The summed E-state index contributed by atoms with van der Waals surface area (Å²) < 4.78 is 16.5. The lowest BCUT2D eigenvalue weighted by molar-refractivity contribution is -0.149. The van der Waals surface area contributed by atoms with Crippen LogP contribution in [0.3, 0.4) is 0 Å². The molecule has 2 aromatic rings. The predicted molar refractivity (Wildman–Crippen MR) is 136 cm³/mol. The Balaban J connectivity index is 1.48. The Morgan fingerprint density at radius 1 is 0.943 bits per heavy atom. The Kier molecular flexibility index (Phi) is 8.62. The van der Waals surface area contributed by atoms with Crippen LogP contribution in [0.25, 0.3) is 6.08 Å².